The van der Waals surface area contributed by atoms with E-state index in [-0.39, 0.29) is 52.4 Å². The van der Waals surface area contributed by atoms with Crippen LogP contribution in [0.5, 0.6) is 11.5 Å². The summed E-state index contributed by atoms with van der Waals surface area (Å²) in [6, 6.07) is -5.65. The maximum atomic E-state index is 13.4. The zero-order valence-electron chi connectivity index (χ0n) is 33.4. The first-order valence-corrected chi connectivity index (χ1v) is 21.7. The summed E-state index contributed by atoms with van der Waals surface area (Å²) < 4.78 is 0. The van der Waals surface area contributed by atoms with Gasteiger partial charge in [-0.15, -0.1) is 23.5 Å². The second kappa shape index (κ2) is 21.3. The summed E-state index contributed by atoms with van der Waals surface area (Å²) in [5.74, 6) is -10.6. The highest BCUT2D eigenvalue weighted by molar-refractivity contribution is 8.02. The number of hydrogen-bond acceptors (Lipinski definition) is 15. The van der Waals surface area contributed by atoms with Crippen LogP contribution >= 0.6 is 23.5 Å². The number of aliphatic carboxylic acids is 4. The van der Waals surface area contributed by atoms with Crippen LogP contribution in [0.25, 0.3) is 0 Å². The first-order chi connectivity index (χ1) is 28.7. The van der Waals surface area contributed by atoms with E-state index in [1.54, 1.807) is 0 Å². The van der Waals surface area contributed by atoms with E-state index in [0.717, 1.165) is 29.9 Å². The summed E-state index contributed by atoms with van der Waals surface area (Å²) in [5.41, 5.74) is 11.8. The number of nitrogens with two attached hydrogens (primary N) is 2. The summed E-state index contributed by atoms with van der Waals surface area (Å²) in [5, 5.41) is 80.4. The number of phenolic OH excluding ortho intramolecular Hbond substituents is 2. The van der Waals surface area contributed by atoms with Gasteiger partial charge < -0.3 is 68.5 Å². The van der Waals surface area contributed by atoms with Gasteiger partial charge in [0, 0.05) is 34.8 Å². The summed E-state index contributed by atoms with van der Waals surface area (Å²) in [6.45, 7) is 0.450. The fourth-order valence-corrected chi connectivity index (χ4v) is 11.2. The van der Waals surface area contributed by atoms with Gasteiger partial charge in [0.2, 0.25) is 23.6 Å². The molecule has 23 heteroatoms. The minimum absolute atomic E-state index is 0.0170. The van der Waals surface area contributed by atoms with Gasteiger partial charge in [0.05, 0.1) is 11.0 Å². The van der Waals surface area contributed by atoms with Gasteiger partial charge in [0.15, 0.2) is 11.5 Å². The van der Waals surface area contributed by atoms with Crippen molar-refractivity contribution >= 4 is 71.0 Å². The molecule has 0 bridgehead atoms. The number of aliphatic hydroxyl groups excluding tert-OH is 1. The Hall–Kier alpha value is -4.84. The number of rotatable bonds is 22. The molecule has 4 rings (SSSR count). The number of carboxylic acid groups (broad SMARTS) is 4. The molecule has 4 amide bonds. The van der Waals surface area contributed by atoms with Crippen LogP contribution in [-0.2, 0) is 44.8 Å². The average molecular weight is 899 g/mol. The second-order valence-corrected chi connectivity index (χ2v) is 17.9. The zero-order valence-corrected chi connectivity index (χ0v) is 35.0. The highest BCUT2D eigenvalue weighted by Crippen LogP contribution is 2.64. The number of aliphatic hydroxyl groups is 1. The number of benzene rings is 1. The maximum absolute atomic E-state index is 13.4. The molecule has 3 aliphatic rings. The van der Waals surface area contributed by atoms with Crippen molar-refractivity contribution in [2.24, 2.45) is 28.7 Å². The standard InChI is InChI=1S/C38H54N6O15S2/c1-38-11-10-17-16(19(38)4-7-24(38)45)2-3-18-29(17)32(60-14-22(34(54)41-12-27(48)49)43-25(46)8-5-20(39)36(56)57)33(31(53)30(18)52)61-15-23(35(55)42-13-28(50)51)44-26(47)9-6-21(40)37(58)59/h16-17,19-24,45,52-53H,2-15,39-40H2,1H3,(H,41,54)(H,42,55)(H,43,46)(H,44,47)(H,48,49)(H,50,51)(H,56,57)(H,58,59)/t16-,17+,19+,20+,21+,22-,23-,24+,38+/m1/s1. The molecule has 0 saturated heterocycles. The van der Waals surface area contributed by atoms with Crippen molar-refractivity contribution in [2.75, 3.05) is 24.6 Å². The Morgan fingerprint density at radius 1 is 0.721 bits per heavy atom. The van der Waals surface area contributed by atoms with Crippen LogP contribution in [0.15, 0.2) is 9.79 Å². The van der Waals surface area contributed by atoms with E-state index in [2.05, 4.69) is 28.2 Å². The van der Waals surface area contributed by atoms with Gasteiger partial charge in [-0.05, 0) is 80.1 Å². The molecule has 2 saturated carbocycles. The summed E-state index contributed by atoms with van der Waals surface area (Å²) in [6.07, 6.45) is 1.65. The van der Waals surface area contributed by atoms with Crippen LogP contribution in [0.2, 0.25) is 0 Å². The van der Waals surface area contributed by atoms with E-state index in [1.165, 1.54) is 0 Å². The minimum atomic E-state index is -1.47. The number of carboxylic acids is 4. The first-order valence-electron chi connectivity index (χ1n) is 19.7. The van der Waals surface area contributed by atoms with Crippen LogP contribution in [0.3, 0.4) is 0 Å². The van der Waals surface area contributed by atoms with Crippen LogP contribution in [0.1, 0.15) is 81.8 Å². The Bertz CT molecular complexity index is 1890. The zero-order chi connectivity index (χ0) is 45.3. The predicted molar refractivity (Wildman–Crippen MR) is 217 cm³/mol. The molecule has 2 fully saturated rings. The van der Waals surface area contributed by atoms with Crippen LogP contribution in [0.4, 0.5) is 0 Å². The third-order valence-corrected chi connectivity index (χ3v) is 14.4. The lowest BCUT2D eigenvalue weighted by Gasteiger charge is -2.50. The number of aromatic hydroxyl groups is 2. The predicted octanol–water partition coefficient (Wildman–Crippen LogP) is -0.746. The molecule has 0 unspecified atom stereocenters. The highest BCUT2D eigenvalue weighted by atomic mass is 32.2. The first kappa shape index (κ1) is 48.8. The molecular weight excluding hydrogens is 845 g/mol. The number of phenols is 2. The molecule has 3 aliphatic carbocycles. The molecule has 338 valence electrons. The van der Waals surface area contributed by atoms with E-state index < -0.39 is 115 Å². The number of thioether (sulfide) groups is 2. The van der Waals surface area contributed by atoms with E-state index in [4.69, 9.17) is 21.7 Å². The Kier molecular flexibility index (Phi) is 17.0. The normalized spacial score (nSPS) is 23.4. The summed E-state index contributed by atoms with van der Waals surface area (Å²) in [4.78, 5) is 98.1. The van der Waals surface area contributed by atoms with Gasteiger partial charge in [-0.2, -0.15) is 0 Å². The quantitative estimate of drug-likeness (QED) is 0.0503. The monoisotopic (exact) mass is 898 g/mol. The molecule has 61 heavy (non-hydrogen) atoms. The fourth-order valence-electron chi connectivity index (χ4n) is 8.62. The molecule has 21 nitrogen and oxygen atoms in total. The van der Waals surface area contributed by atoms with Gasteiger partial charge in [-0.1, -0.05) is 6.92 Å². The van der Waals surface area contributed by atoms with Crippen molar-refractivity contribution < 1.29 is 74.1 Å². The lowest BCUT2D eigenvalue weighted by atomic mass is 9.55. The maximum Gasteiger partial charge on any atom is 0.322 e. The van der Waals surface area contributed by atoms with Gasteiger partial charge in [0.25, 0.3) is 0 Å². The third kappa shape index (κ3) is 12.2. The van der Waals surface area contributed by atoms with Crippen LogP contribution in [-0.4, -0.2) is 138 Å². The topological polar surface area (TPSA) is 378 Å². The second-order valence-electron chi connectivity index (χ2n) is 15.9. The number of nitrogens with one attached hydrogen (secondary N) is 4. The molecule has 9 atom stereocenters. The van der Waals surface area contributed by atoms with E-state index in [1.807, 2.05) is 0 Å². The lowest BCUT2D eigenvalue weighted by Crippen LogP contribution is -2.49. The van der Waals surface area contributed by atoms with E-state index in [9.17, 15) is 63.9 Å². The Morgan fingerprint density at radius 2 is 1.21 bits per heavy atom. The molecular formula is C38H54N6O15S2. The van der Waals surface area contributed by atoms with Crippen molar-refractivity contribution in [3.8, 4) is 11.5 Å². The Labute approximate surface area is 358 Å². The van der Waals surface area contributed by atoms with Crippen molar-refractivity contribution in [3.63, 3.8) is 0 Å². The molecule has 0 aliphatic heterocycles. The van der Waals surface area contributed by atoms with Gasteiger partial charge >= 0.3 is 23.9 Å². The van der Waals surface area contributed by atoms with Crippen molar-refractivity contribution in [1.29, 1.82) is 0 Å². The number of carbonyl (C=O) groups excluding carboxylic acids is 4. The lowest BCUT2D eigenvalue weighted by molar-refractivity contribution is -0.140. The smallest absolute Gasteiger partial charge is 0.322 e. The fraction of sp³-hybridized carbons (Fsp3) is 0.632. The Morgan fingerprint density at radius 3 is 1.69 bits per heavy atom. The summed E-state index contributed by atoms with van der Waals surface area (Å²) in [7, 11) is 0. The molecule has 1 aromatic carbocycles. The van der Waals surface area contributed by atoms with Crippen LogP contribution in [0, 0.1) is 17.3 Å². The number of carbonyl (C=O) groups is 8. The van der Waals surface area contributed by atoms with Gasteiger partial charge in [-0.3, -0.25) is 38.4 Å². The average Bonchev–Trinajstić information content (AvgIpc) is 3.52. The molecule has 0 heterocycles. The number of hydrogen-bond donors (Lipinski definition) is 13. The SMILES string of the molecule is C[C@]12CC[C@@H]3c4c(c(O)c(O)c(SC[C@@H](NC(=O)CC[C@H](N)C(=O)O)C(=O)NCC(=O)O)c4SC[C@@H](NC(=O)CC[C@H](N)C(=O)O)C(=O)NCC(=O)O)CC[C@H]3[C@@H]1CC[C@@H]2O. The van der Waals surface area contributed by atoms with Crippen molar-refractivity contribution in [2.45, 2.75) is 117 Å². The molecule has 0 radical (unpaired) electrons. The van der Waals surface area contributed by atoms with Crippen molar-refractivity contribution in [3.05, 3.63) is 11.1 Å². The van der Waals surface area contributed by atoms with Crippen LogP contribution < -0.4 is 32.7 Å². The molecule has 15 N–H and O–H groups in total. The number of amides is 4. The van der Waals surface area contributed by atoms with E-state index in [0.29, 0.717) is 48.1 Å². The summed E-state index contributed by atoms with van der Waals surface area (Å²) >= 11 is 1.81. The Balaban J connectivity index is 1.76. The van der Waals surface area contributed by atoms with Gasteiger partial charge in [-0.25, -0.2) is 0 Å². The largest absolute Gasteiger partial charge is 0.504 e. The van der Waals surface area contributed by atoms with Crippen molar-refractivity contribution in [1.82, 2.24) is 21.3 Å². The number of fused-ring (bicyclic) bond motifs is 5. The molecule has 0 aromatic heterocycles. The van der Waals surface area contributed by atoms with Gasteiger partial charge in [0.1, 0.15) is 37.3 Å². The molecule has 1 aromatic rings. The highest BCUT2D eigenvalue weighted by Gasteiger charge is 2.55. The van der Waals surface area contributed by atoms with E-state index >= 15 is 0 Å². The minimum Gasteiger partial charge on any atom is -0.504 e. The molecule has 0 spiro atoms. The third-order valence-electron chi connectivity index (χ3n) is 11.9.